The van der Waals surface area contributed by atoms with Gasteiger partial charge in [0.05, 0.1) is 12.8 Å². The number of hydrogen-bond acceptors (Lipinski definition) is 4. The summed E-state index contributed by atoms with van der Waals surface area (Å²) in [5.41, 5.74) is 4.70. The third-order valence-electron chi connectivity index (χ3n) is 6.66. The topological polar surface area (TPSA) is 84.6 Å². The van der Waals surface area contributed by atoms with Gasteiger partial charge in [0.25, 0.3) is 5.91 Å². The number of carbonyl (C=O) groups is 3. The van der Waals surface area contributed by atoms with Gasteiger partial charge in [-0.3, -0.25) is 14.5 Å². The second-order valence-electron chi connectivity index (χ2n) is 8.77. The Morgan fingerprint density at radius 3 is 2.66 bits per heavy atom. The van der Waals surface area contributed by atoms with Crippen LogP contribution in [0.5, 0.6) is 0 Å². The number of hydrogen-bond donors (Lipinski definition) is 1. The maximum Gasteiger partial charge on any atom is 0.325 e. The first-order chi connectivity index (χ1) is 15.3. The number of aryl methyl sites for hydroxylation is 3. The number of ketones is 1. The summed E-state index contributed by atoms with van der Waals surface area (Å²) in [5.74, 6) is -0.448. The number of rotatable bonds is 5. The zero-order valence-corrected chi connectivity index (χ0v) is 18.4. The smallest absolute Gasteiger partial charge is 0.325 e. The Bertz CT molecular complexity index is 1250. The minimum Gasteiger partial charge on any atom is -0.466 e. The normalized spacial score (nSPS) is 20.0. The van der Waals surface area contributed by atoms with Crippen LogP contribution in [0.2, 0.25) is 0 Å². The quantitative estimate of drug-likeness (QED) is 0.492. The molecule has 164 valence electrons. The van der Waals surface area contributed by atoms with Crippen molar-refractivity contribution in [2.45, 2.75) is 45.6 Å². The van der Waals surface area contributed by atoms with E-state index in [2.05, 4.69) is 28.1 Å². The molecule has 3 heterocycles. The highest BCUT2D eigenvalue weighted by atomic mass is 16.3. The minimum absolute atomic E-state index is 0.280. The first-order valence-corrected chi connectivity index (χ1v) is 10.8. The first-order valence-electron chi connectivity index (χ1n) is 10.8. The molecule has 0 unspecified atom stereocenters. The van der Waals surface area contributed by atoms with E-state index in [1.165, 1.54) is 23.8 Å². The molecule has 1 aliphatic heterocycles. The van der Waals surface area contributed by atoms with Crippen LogP contribution in [-0.2, 0) is 23.2 Å². The largest absolute Gasteiger partial charge is 0.466 e. The van der Waals surface area contributed by atoms with Crippen molar-refractivity contribution in [1.82, 2.24) is 14.8 Å². The van der Waals surface area contributed by atoms with Crippen molar-refractivity contribution in [3.05, 3.63) is 76.5 Å². The van der Waals surface area contributed by atoms with Crippen molar-refractivity contribution < 1.29 is 18.8 Å². The van der Waals surface area contributed by atoms with E-state index in [4.69, 9.17) is 4.42 Å². The Kier molecular flexibility index (Phi) is 4.58. The second-order valence-corrected chi connectivity index (χ2v) is 8.77. The van der Waals surface area contributed by atoms with Gasteiger partial charge in [0.15, 0.2) is 11.3 Å². The Morgan fingerprint density at radius 2 is 1.91 bits per heavy atom. The number of nitrogens with zero attached hydrogens (tertiary/aromatic N) is 2. The molecule has 0 saturated carbocycles. The van der Waals surface area contributed by atoms with Crippen molar-refractivity contribution in [3.8, 4) is 5.69 Å². The third kappa shape index (κ3) is 2.99. The molecule has 1 N–H and O–H groups in total. The van der Waals surface area contributed by atoms with Gasteiger partial charge in [-0.2, -0.15) is 0 Å². The van der Waals surface area contributed by atoms with Crippen LogP contribution in [0.1, 0.15) is 52.0 Å². The average Bonchev–Trinajstić information content (AvgIpc) is 3.53. The average molecular weight is 431 g/mol. The summed E-state index contributed by atoms with van der Waals surface area (Å²) in [4.78, 5) is 39.7. The molecule has 5 rings (SSSR count). The summed E-state index contributed by atoms with van der Waals surface area (Å²) >= 11 is 0. The molecular weight excluding hydrogens is 406 g/mol. The molecule has 3 amide bonds. The van der Waals surface area contributed by atoms with Gasteiger partial charge in [0.2, 0.25) is 0 Å². The van der Waals surface area contributed by atoms with Gasteiger partial charge in [0, 0.05) is 22.6 Å². The van der Waals surface area contributed by atoms with Crippen molar-refractivity contribution in [3.63, 3.8) is 0 Å². The molecule has 0 radical (unpaired) electrons. The molecule has 7 heteroatoms. The predicted octanol–water partition coefficient (Wildman–Crippen LogP) is 3.83. The van der Waals surface area contributed by atoms with Crippen molar-refractivity contribution in [2.24, 2.45) is 0 Å². The van der Waals surface area contributed by atoms with Crippen LogP contribution in [-0.4, -0.2) is 33.7 Å². The van der Waals surface area contributed by atoms with Crippen LogP contribution >= 0.6 is 0 Å². The van der Waals surface area contributed by atoms with E-state index in [1.807, 2.05) is 19.9 Å². The Labute approximate surface area is 186 Å². The molecular formula is C25H25N3O4. The lowest BCUT2D eigenvalue weighted by molar-refractivity contribution is -0.131. The molecule has 0 spiro atoms. The van der Waals surface area contributed by atoms with Crippen LogP contribution in [0.3, 0.4) is 0 Å². The van der Waals surface area contributed by atoms with Gasteiger partial charge in [-0.15, -0.1) is 0 Å². The Hall–Kier alpha value is -3.61. The number of urea groups is 1. The van der Waals surface area contributed by atoms with Gasteiger partial charge < -0.3 is 14.3 Å². The number of imide groups is 1. The summed E-state index contributed by atoms with van der Waals surface area (Å²) in [5, 5.41) is 2.66. The van der Waals surface area contributed by atoms with Gasteiger partial charge in [0.1, 0.15) is 5.76 Å². The molecule has 32 heavy (non-hydrogen) atoms. The molecule has 2 aromatic heterocycles. The fourth-order valence-electron chi connectivity index (χ4n) is 4.94. The Morgan fingerprint density at radius 1 is 1.12 bits per heavy atom. The van der Waals surface area contributed by atoms with Crippen LogP contribution < -0.4 is 5.32 Å². The number of furan rings is 1. The molecule has 7 nitrogen and oxygen atoms in total. The summed E-state index contributed by atoms with van der Waals surface area (Å²) < 4.78 is 7.41. The third-order valence-corrected chi connectivity index (χ3v) is 6.66. The highest BCUT2D eigenvalue weighted by molar-refractivity contribution is 6.11. The lowest BCUT2D eigenvalue weighted by Crippen LogP contribution is -2.41. The molecule has 0 bridgehead atoms. The zero-order chi connectivity index (χ0) is 22.6. The lowest BCUT2D eigenvalue weighted by atomic mass is 9.99. The number of carbonyl (C=O) groups excluding carboxylic acids is 3. The van der Waals surface area contributed by atoms with Crippen molar-refractivity contribution in [1.29, 1.82) is 0 Å². The fourth-order valence-corrected chi connectivity index (χ4v) is 4.94. The monoisotopic (exact) mass is 431 g/mol. The molecule has 1 atom stereocenters. The molecule has 1 aromatic carbocycles. The van der Waals surface area contributed by atoms with Crippen LogP contribution in [0.25, 0.3) is 5.69 Å². The number of nitrogens with one attached hydrogen (secondary N) is 1. The standard InChI is InChI=1S/C25H25N3O4/c1-15-12-20(16(2)28(15)19-10-9-17-6-4-7-18(17)13-19)21(29)14-27-23(30)25(3,26-24(27)31)22-8-5-11-32-22/h5,8-13H,4,6-7,14H2,1-3H3,(H,26,31)/t25-/m1/s1. The van der Waals surface area contributed by atoms with Crippen LogP contribution in [0, 0.1) is 13.8 Å². The predicted molar refractivity (Wildman–Crippen MR) is 118 cm³/mol. The number of benzene rings is 1. The Balaban J connectivity index is 1.42. The minimum atomic E-state index is -1.32. The molecule has 3 aromatic rings. The van der Waals surface area contributed by atoms with Crippen LogP contribution in [0.15, 0.2) is 47.1 Å². The van der Waals surface area contributed by atoms with Crippen LogP contribution in [0.4, 0.5) is 4.79 Å². The van der Waals surface area contributed by atoms with E-state index in [0.29, 0.717) is 11.3 Å². The van der Waals surface area contributed by atoms with E-state index in [0.717, 1.165) is 34.8 Å². The van der Waals surface area contributed by atoms with Crippen molar-refractivity contribution >= 4 is 17.7 Å². The molecule has 1 aliphatic carbocycles. The second kappa shape index (κ2) is 7.22. The molecule has 1 saturated heterocycles. The summed E-state index contributed by atoms with van der Waals surface area (Å²) in [6, 6.07) is 11.0. The highest BCUT2D eigenvalue weighted by Gasteiger charge is 2.51. The number of fused-ring (bicyclic) bond motifs is 1. The van der Waals surface area contributed by atoms with Gasteiger partial charge in [-0.25, -0.2) is 4.79 Å². The zero-order valence-electron chi connectivity index (χ0n) is 18.4. The summed E-state index contributed by atoms with van der Waals surface area (Å²) in [6.45, 7) is 5.11. The lowest BCUT2D eigenvalue weighted by Gasteiger charge is -2.18. The number of amides is 3. The first kappa shape index (κ1) is 20.3. The van der Waals surface area contributed by atoms with E-state index < -0.39 is 17.5 Å². The van der Waals surface area contributed by atoms with E-state index in [1.54, 1.807) is 19.1 Å². The SMILES string of the molecule is Cc1cc(C(=O)CN2C(=O)N[C@](C)(c3ccco3)C2=O)c(C)n1-c1ccc2c(c1)CCC2. The number of aromatic nitrogens is 1. The maximum absolute atomic E-state index is 13.2. The van der Waals surface area contributed by atoms with Crippen molar-refractivity contribution in [2.75, 3.05) is 6.54 Å². The van der Waals surface area contributed by atoms with E-state index in [9.17, 15) is 14.4 Å². The van der Waals surface area contributed by atoms with E-state index >= 15 is 0 Å². The molecule has 2 aliphatic rings. The highest BCUT2D eigenvalue weighted by Crippen LogP contribution is 2.30. The summed E-state index contributed by atoms with van der Waals surface area (Å²) in [7, 11) is 0. The van der Waals surface area contributed by atoms with Gasteiger partial charge >= 0.3 is 6.03 Å². The number of Topliss-reactive ketones (excluding diaryl/α,β-unsaturated/α-hetero) is 1. The molecule has 1 fully saturated rings. The summed E-state index contributed by atoms with van der Waals surface area (Å²) in [6.07, 6.45) is 4.82. The van der Waals surface area contributed by atoms with Gasteiger partial charge in [-0.05, 0) is 81.5 Å². The maximum atomic E-state index is 13.2. The van der Waals surface area contributed by atoms with Gasteiger partial charge in [-0.1, -0.05) is 6.07 Å². The fraction of sp³-hybridized carbons (Fsp3) is 0.320. The van der Waals surface area contributed by atoms with E-state index in [-0.39, 0.29) is 12.3 Å².